The van der Waals surface area contributed by atoms with E-state index < -0.39 is 43.0 Å². The van der Waals surface area contributed by atoms with Crippen LogP contribution in [-0.4, -0.2) is 63.8 Å². The van der Waals surface area contributed by atoms with Gasteiger partial charge >= 0.3 is 7.60 Å². The SMILES string of the molecule is CCC(C)(C[C@H]1O[C@@H](c2cn3ccc(=O)[nH]c3nc2=S)[C@@H](O)C1O)OP(=O)(O)C(C)(O)CC. The zero-order valence-electron chi connectivity index (χ0n) is 18.8. The van der Waals surface area contributed by atoms with E-state index in [1.54, 1.807) is 27.0 Å². The number of nitrogens with zero attached hydrogens (tertiary/aromatic N) is 2. The Hall–Kier alpha value is -1.50. The maximum Gasteiger partial charge on any atom is 0.359 e. The Balaban J connectivity index is 1.87. The molecule has 7 atom stereocenters. The van der Waals surface area contributed by atoms with E-state index in [9.17, 15) is 29.6 Å². The van der Waals surface area contributed by atoms with Gasteiger partial charge in [0.2, 0.25) is 5.78 Å². The molecule has 0 saturated carbocycles. The smallest absolute Gasteiger partial charge is 0.359 e. The first-order valence-corrected chi connectivity index (χ1v) is 12.6. The molecule has 1 aliphatic rings. The lowest BCUT2D eigenvalue weighted by Gasteiger charge is -2.37. The molecule has 1 saturated heterocycles. The molecule has 1 fully saturated rings. The van der Waals surface area contributed by atoms with Gasteiger partial charge in [-0.05, 0) is 26.7 Å². The maximum absolute atomic E-state index is 12.7. The second-order valence-electron chi connectivity index (χ2n) is 8.80. The van der Waals surface area contributed by atoms with Crippen LogP contribution in [0.3, 0.4) is 0 Å². The van der Waals surface area contributed by atoms with Gasteiger partial charge in [-0.3, -0.25) is 18.7 Å². The Morgan fingerprint density at radius 1 is 1.30 bits per heavy atom. The highest BCUT2D eigenvalue weighted by molar-refractivity contribution is 7.71. The van der Waals surface area contributed by atoms with Crippen LogP contribution in [0.2, 0.25) is 0 Å². The van der Waals surface area contributed by atoms with Crippen LogP contribution in [-0.2, 0) is 13.8 Å². The number of aliphatic hydroxyl groups excluding tert-OH is 2. The molecule has 0 bridgehead atoms. The minimum Gasteiger partial charge on any atom is -0.388 e. The Bertz CT molecular complexity index is 1180. The number of ether oxygens (including phenoxy) is 1. The van der Waals surface area contributed by atoms with Crippen LogP contribution in [0.15, 0.2) is 23.3 Å². The predicted molar refractivity (Wildman–Crippen MR) is 121 cm³/mol. The molecule has 2 aromatic heterocycles. The lowest BCUT2D eigenvalue weighted by molar-refractivity contribution is -0.0532. The summed E-state index contributed by atoms with van der Waals surface area (Å²) in [6.45, 7) is 6.12. The van der Waals surface area contributed by atoms with Gasteiger partial charge in [-0.1, -0.05) is 26.1 Å². The first kappa shape index (κ1) is 26.1. The molecule has 0 aromatic carbocycles. The van der Waals surface area contributed by atoms with Crippen LogP contribution in [0, 0.1) is 4.64 Å². The third-order valence-electron chi connectivity index (χ3n) is 6.27. The van der Waals surface area contributed by atoms with E-state index in [0.29, 0.717) is 5.56 Å². The number of H-pyrrole nitrogens is 1. The Morgan fingerprint density at radius 2 is 1.97 bits per heavy atom. The lowest BCUT2D eigenvalue weighted by atomic mass is 9.92. The molecule has 2 aromatic rings. The molecular formula is C20H30N3O8PS. The fraction of sp³-hybridized carbons (Fsp3) is 0.650. The van der Waals surface area contributed by atoms with Gasteiger partial charge in [-0.2, -0.15) is 0 Å². The average Bonchev–Trinajstić information content (AvgIpc) is 3.00. The Labute approximate surface area is 195 Å². The molecule has 33 heavy (non-hydrogen) atoms. The number of hydrogen-bond donors (Lipinski definition) is 5. The van der Waals surface area contributed by atoms with E-state index in [2.05, 4.69) is 9.97 Å². The van der Waals surface area contributed by atoms with Gasteiger partial charge in [-0.25, -0.2) is 4.98 Å². The fourth-order valence-corrected chi connectivity index (χ4v) is 5.28. The molecule has 184 valence electrons. The second kappa shape index (κ2) is 9.27. The summed E-state index contributed by atoms with van der Waals surface area (Å²) < 4.78 is 25.8. The molecule has 3 heterocycles. The zero-order chi connectivity index (χ0) is 24.8. The van der Waals surface area contributed by atoms with Crippen LogP contribution in [0.1, 0.15) is 58.6 Å². The van der Waals surface area contributed by atoms with Crippen LogP contribution in [0.5, 0.6) is 0 Å². The molecule has 5 N–H and O–H groups in total. The number of aliphatic hydroxyl groups is 3. The first-order valence-electron chi connectivity index (χ1n) is 10.6. The Kier molecular flexibility index (Phi) is 7.34. The highest BCUT2D eigenvalue weighted by Crippen LogP contribution is 2.59. The molecule has 4 unspecified atom stereocenters. The minimum atomic E-state index is -4.44. The third-order valence-corrected chi connectivity index (χ3v) is 8.82. The van der Waals surface area contributed by atoms with E-state index in [4.69, 9.17) is 21.5 Å². The van der Waals surface area contributed by atoms with E-state index >= 15 is 0 Å². The lowest BCUT2D eigenvalue weighted by Crippen LogP contribution is -2.40. The first-order chi connectivity index (χ1) is 15.2. The second-order valence-corrected chi connectivity index (χ2v) is 11.4. The summed E-state index contributed by atoms with van der Waals surface area (Å²) in [5, 5.41) is 29.7. The molecule has 0 amide bonds. The zero-order valence-corrected chi connectivity index (χ0v) is 20.5. The van der Waals surface area contributed by atoms with Crippen LogP contribution in [0.25, 0.3) is 5.78 Å². The van der Waals surface area contributed by atoms with Crippen molar-refractivity contribution < 1.29 is 34.0 Å². The predicted octanol–water partition coefficient (Wildman–Crippen LogP) is 1.79. The number of fused-ring (bicyclic) bond motifs is 1. The maximum atomic E-state index is 12.7. The van der Waals surface area contributed by atoms with Crippen molar-refractivity contribution in [2.75, 3.05) is 0 Å². The molecule has 0 aliphatic carbocycles. The van der Waals surface area contributed by atoms with Crippen molar-refractivity contribution in [1.82, 2.24) is 14.4 Å². The van der Waals surface area contributed by atoms with Crippen molar-refractivity contribution in [1.29, 1.82) is 0 Å². The largest absolute Gasteiger partial charge is 0.388 e. The molecule has 3 rings (SSSR count). The molecule has 0 radical (unpaired) electrons. The minimum absolute atomic E-state index is 0.00339. The molecule has 11 nitrogen and oxygen atoms in total. The van der Waals surface area contributed by atoms with Gasteiger partial charge in [0.05, 0.1) is 11.7 Å². The van der Waals surface area contributed by atoms with Crippen LogP contribution < -0.4 is 5.56 Å². The number of hydrogen-bond acceptors (Lipinski definition) is 9. The highest BCUT2D eigenvalue weighted by atomic mass is 32.1. The average molecular weight is 504 g/mol. The summed E-state index contributed by atoms with van der Waals surface area (Å²) in [6.07, 6.45) is -1.37. The summed E-state index contributed by atoms with van der Waals surface area (Å²) in [5.74, 6) is 0.217. The fourth-order valence-electron chi connectivity index (χ4n) is 3.63. The molecule has 0 spiro atoms. The topological polar surface area (TPSA) is 167 Å². The monoisotopic (exact) mass is 503 g/mol. The van der Waals surface area contributed by atoms with Crippen molar-refractivity contribution in [3.05, 3.63) is 39.0 Å². The van der Waals surface area contributed by atoms with Crippen LogP contribution >= 0.6 is 19.8 Å². The number of rotatable bonds is 8. The summed E-state index contributed by atoms with van der Waals surface area (Å²) in [7, 11) is -4.44. The van der Waals surface area contributed by atoms with Crippen LogP contribution in [0.4, 0.5) is 0 Å². The summed E-state index contributed by atoms with van der Waals surface area (Å²) >= 11 is 5.31. The standard InChI is InChI=1S/C20H30N3O8PS/c1-5-19(3,31-32(28,29)20(4,27)6-2)9-12-14(25)15(26)16(30-12)11-10-23-8-7-13(24)21-18(23)22-17(11)33/h7-8,10,12,14-16,25-27H,5-6,9H2,1-4H3,(H,28,29)(H,21,22,24,33)/t12-,14?,15+,16+,19?,20?/m1/s1. The van der Waals surface area contributed by atoms with E-state index in [1.165, 1.54) is 23.6 Å². The van der Waals surface area contributed by atoms with E-state index in [-0.39, 0.29) is 35.2 Å². The number of aromatic nitrogens is 3. The number of nitrogens with one attached hydrogen (secondary N) is 1. The van der Waals surface area contributed by atoms with Gasteiger partial charge in [-0.15, -0.1) is 0 Å². The van der Waals surface area contributed by atoms with Crippen molar-refractivity contribution in [2.45, 2.75) is 82.3 Å². The normalized spacial score (nSPS) is 28.8. The molecule has 13 heteroatoms. The summed E-state index contributed by atoms with van der Waals surface area (Å²) in [6, 6.07) is 1.30. The number of aromatic amines is 1. The molecular weight excluding hydrogens is 473 g/mol. The van der Waals surface area contributed by atoms with Gasteiger partial charge in [0.15, 0.2) is 5.34 Å². The van der Waals surface area contributed by atoms with Crippen molar-refractivity contribution >= 4 is 25.6 Å². The van der Waals surface area contributed by atoms with Crippen molar-refractivity contribution in [3.8, 4) is 0 Å². The van der Waals surface area contributed by atoms with Crippen molar-refractivity contribution in [2.24, 2.45) is 0 Å². The third kappa shape index (κ3) is 5.13. The van der Waals surface area contributed by atoms with E-state index in [0.717, 1.165) is 0 Å². The summed E-state index contributed by atoms with van der Waals surface area (Å²) in [4.78, 5) is 28.6. The highest BCUT2D eigenvalue weighted by Gasteiger charge is 2.50. The Morgan fingerprint density at radius 3 is 2.58 bits per heavy atom. The van der Waals surface area contributed by atoms with Gasteiger partial charge in [0.25, 0.3) is 5.56 Å². The van der Waals surface area contributed by atoms with Crippen molar-refractivity contribution in [3.63, 3.8) is 0 Å². The summed E-state index contributed by atoms with van der Waals surface area (Å²) in [5.41, 5.74) is -1.25. The molecule has 1 aliphatic heterocycles. The van der Waals surface area contributed by atoms with Gasteiger partial charge < -0.3 is 29.5 Å². The van der Waals surface area contributed by atoms with E-state index in [1.807, 2.05) is 0 Å². The van der Waals surface area contributed by atoms with Gasteiger partial charge in [0.1, 0.15) is 23.0 Å². The van der Waals surface area contributed by atoms with Gasteiger partial charge in [0, 0.05) is 30.4 Å². The quantitative estimate of drug-likeness (QED) is 0.265.